The van der Waals surface area contributed by atoms with Crippen molar-refractivity contribution >= 4 is 35.0 Å². The van der Waals surface area contributed by atoms with Crippen LogP contribution in [0.1, 0.15) is 66.8 Å². The van der Waals surface area contributed by atoms with E-state index >= 15 is 0 Å². The molecule has 5 N–H and O–H groups in total. The van der Waals surface area contributed by atoms with Crippen molar-refractivity contribution in [3.8, 4) is 11.1 Å². The number of benzene rings is 4. The lowest BCUT2D eigenvalue weighted by molar-refractivity contribution is -0.245. The number of carbonyl (C=O) groups excluding carboxylic acids is 2. The number of tetrazole rings is 1. The first-order chi connectivity index (χ1) is 25.3. The van der Waals surface area contributed by atoms with Crippen LogP contribution in [0.15, 0.2) is 102 Å². The van der Waals surface area contributed by atoms with Crippen LogP contribution in [0.4, 0.5) is 11.4 Å². The molecule has 6 rings (SSSR count). The van der Waals surface area contributed by atoms with Crippen molar-refractivity contribution in [3.63, 3.8) is 0 Å². The van der Waals surface area contributed by atoms with Gasteiger partial charge in [-0.1, -0.05) is 90.6 Å². The van der Waals surface area contributed by atoms with E-state index in [9.17, 15) is 14.7 Å². The van der Waals surface area contributed by atoms with Gasteiger partial charge >= 0.3 is 0 Å². The number of aryl methyl sites for hydroxylation is 1. The number of nitrogens with two attached hydrogens (primary N) is 1. The topological polar surface area (TPSA) is 167 Å². The van der Waals surface area contributed by atoms with Crippen molar-refractivity contribution in [1.82, 2.24) is 25.5 Å². The van der Waals surface area contributed by atoms with E-state index in [-0.39, 0.29) is 30.6 Å². The molecular weight excluding hydrogens is 679 g/mol. The van der Waals surface area contributed by atoms with Gasteiger partial charge in [-0.2, -0.15) is 0 Å². The van der Waals surface area contributed by atoms with Crippen LogP contribution in [0.3, 0.4) is 0 Å². The van der Waals surface area contributed by atoms with Crippen LogP contribution in [0.5, 0.6) is 0 Å². The first-order valence-corrected chi connectivity index (χ1v) is 18.3. The molecule has 2 heterocycles. The van der Waals surface area contributed by atoms with Gasteiger partial charge in [-0.15, -0.1) is 5.10 Å². The maximum atomic E-state index is 12.5. The number of nitrogens with zero attached hydrogens (tertiary/aromatic N) is 4. The highest BCUT2D eigenvalue weighted by Gasteiger charge is 2.32. The smallest absolute Gasteiger partial charge is 0.224 e. The molecule has 1 aliphatic rings. The molecule has 0 saturated carbocycles. The summed E-state index contributed by atoms with van der Waals surface area (Å²) in [5.74, 6) is 0.484. The number of ether oxygens (including phenoxy) is 2. The molecule has 4 aromatic carbocycles. The minimum Gasteiger partial charge on any atom is -0.397 e. The fourth-order valence-electron chi connectivity index (χ4n) is 5.91. The van der Waals surface area contributed by atoms with Gasteiger partial charge in [0.2, 0.25) is 17.0 Å². The Hall–Kier alpha value is -5.08. The van der Waals surface area contributed by atoms with E-state index in [0.717, 1.165) is 33.4 Å². The van der Waals surface area contributed by atoms with Crippen molar-refractivity contribution in [1.29, 1.82) is 0 Å². The molecular formula is C39H43N7O5S. The summed E-state index contributed by atoms with van der Waals surface area (Å²) in [6.07, 6.45) is 1.66. The number of aromatic nitrogens is 4. The van der Waals surface area contributed by atoms with Gasteiger partial charge < -0.3 is 30.9 Å². The molecule has 2 amide bonds. The Bertz CT molecular complexity index is 1940. The quantitative estimate of drug-likeness (QED) is 0.0563. The van der Waals surface area contributed by atoms with Crippen LogP contribution < -0.4 is 16.4 Å². The lowest BCUT2D eigenvalue weighted by atomic mass is 9.99. The monoisotopic (exact) mass is 721 g/mol. The van der Waals surface area contributed by atoms with E-state index in [1.54, 1.807) is 28.6 Å². The number of rotatable bonds is 15. The van der Waals surface area contributed by atoms with Gasteiger partial charge in [0, 0.05) is 44.2 Å². The zero-order chi connectivity index (χ0) is 36.3. The van der Waals surface area contributed by atoms with Gasteiger partial charge in [-0.05, 0) is 69.3 Å². The number of para-hydroxylation sites is 2. The van der Waals surface area contributed by atoms with E-state index in [4.69, 9.17) is 15.2 Å². The number of aliphatic hydroxyl groups is 1. The lowest BCUT2D eigenvalue weighted by Gasteiger charge is -2.36. The zero-order valence-corrected chi connectivity index (χ0v) is 29.8. The van der Waals surface area contributed by atoms with Crippen molar-refractivity contribution in [2.24, 2.45) is 7.05 Å². The van der Waals surface area contributed by atoms with Crippen LogP contribution in [-0.4, -0.2) is 49.0 Å². The highest BCUT2D eigenvalue weighted by Crippen LogP contribution is 2.39. The molecule has 52 heavy (non-hydrogen) atoms. The van der Waals surface area contributed by atoms with Crippen LogP contribution in [0, 0.1) is 0 Å². The largest absolute Gasteiger partial charge is 0.397 e. The number of carbonyl (C=O) groups is 2. The Balaban J connectivity index is 1.02. The third-order valence-corrected chi connectivity index (χ3v) is 9.96. The standard InChI is InChI=1S/C39H43N7O5S/c1-46-39(43-44-45-46)52-25-32-22-35(29-15-13-26(24-47)14-16-29)51-38(50-32)30-19-17-28(18-20-30)31-8-6-7-27(21-31)23-41-36(48)11-4-5-12-37(49)42-34-10-3-2-9-33(34)40/h2-3,6-10,13-21,32,35,38,47H,4-5,11-12,22-25,40H2,1H3,(H,41,48)(H,42,49)/t32-,35+,38+/m1/s1. The Morgan fingerprint density at radius 1 is 0.885 bits per heavy atom. The Morgan fingerprint density at radius 2 is 1.63 bits per heavy atom. The van der Waals surface area contributed by atoms with Crippen LogP contribution in [0.25, 0.3) is 11.1 Å². The molecule has 1 fully saturated rings. The second-order valence-electron chi connectivity index (χ2n) is 12.7. The average Bonchev–Trinajstić information content (AvgIpc) is 3.60. The molecule has 0 aliphatic carbocycles. The minimum atomic E-state index is -0.577. The summed E-state index contributed by atoms with van der Waals surface area (Å²) in [6.45, 7) is 0.398. The SMILES string of the molecule is Cn1nnnc1SC[C@H]1C[C@@H](c2ccc(CO)cc2)O[C@@H](c2ccc(-c3cccc(CNC(=O)CCCCC(=O)Nc4ccccc4N)c3)cc2)O1. The molecule has 1 saturated heterocycles. The van der Waals surface area contributed by atoms with Gasteiger partial charge in [0.1, 0.15) is 0 Å². The predicted octanol–water partition coefficient (Wildman–Crippen LogP) is 6.10. The summed E-state index contributed by atoms with van der Waals surface area (Å²) in [6, 6.07) is 31.2. The summed E-state index contributed by atoms with van der Waals surface area (Å²) >= 11 is 1.54. The summed E-state index contributed by atoms with van der Waals surface area (Å²) in [7, 11) is 1.81. The highest BCUT2D eigenvalue weighted by atomic mass is 32.2. The maximum absolute atomic E-state index is 12.5. The molecule has 1 aliphatic heterocycles. The highest BCUT2D eigenvalue weighted by molar-refractivity contribution is 7.99. The van der Waals surface area contributed by atoms with E-state index < -0.39 is 6.29 Å². The molecule has 5 aromatic rings. The molecule has 0 unspecified atom stereocenters. The summed E-state index contributed by atoms with van der Waals surface area (Å²) in [4.78, 5) is 24.8. The number of anilines is 2. The number of thioether (sulfide) groups is 1. The number of nitrogens with one attached hydrogen (secondary N) is 2. The van der Waals surface area contributed by atoms with Crippen molar-refractivity contribution < 1.29 is 24.2 Å². The van der Waals surface area contributed by atoms with Crippen molar-refractivity contribution in [2.45, 2.75) is 68.9 Å². The first kappa shape index (κ1) is 36.7. The number of nitrogen functional groups attached to an aromatic ring is 1. The molecule has 1 aromatic heterocycles. The Labute approximate surface area is 307 Å². The molecule has 13 heteroatoms. The van der Waals surface area contributed by atoms with Crippen LogP contribution >= 0.6 is 11.8 Å². The molecule has 0 radical (unpaired) electrons. The number of amides is 2. The Morgan fingerprint density at radius 3 is 2.37 bits per heavy atom. The van der Waals surface area contributed by atoms with E-state index in [1.807, 2.05) is 73.8 Å². The summed E-state index contributed by atoms with van der Waals surface area (Å²) in [5, 5.41) is 27.8. The number of hydrogen-bond acceptors (Lipinski definition) is 10. The zero-order valence-electron chi connectivity index (χ0n) is 29.0. The van der Waals surface area contributed by atoms with E-state index in [2.05, 4.69) is 44.4 Å². The van der Waals surface area contributed by atoms with Crippen molar-refractivity contribution in [2.75, 3.05) is 16.8 Å². The summed E-state index contributed by atoms with van der Waals surface area (Å²) in [5.41, 5.74) is 12.8. The normalized spacial score (nSPS) is 17.1. The molecule has 12 nitrogen and oxygen atoms in total. The van der Waals surface area contributed by atoms with E-state index in [0.29, 0.717) is 60.9 Å². The fraction of sp³-hybridized carbons (Fsp3) is 0.308. The molecule has 0 spiro atoms. The van der Waals surface area contributed by atoms with Crippen molar-refractivity contribution in [3.05, 3.63) is 119 Å². The molecule has 3 atom stereocenters. The minimum absolute atomic E-state index is 0.0119. The summed E-state index contributed by atoms with van der Waals surface area (Å²) < 4.78 is 14.6. The second-order valence-corrected chi connectivity index (χ2v) is 13.7. The number of hydrogen-bond donors (Lipinski definition) is 4. The lowest BCUT2D eigenvalue weighted by Crippen LogP contribution is -2.31. The average molecular weight is 722 g/mol. The van der Waals surface area contributed by atoms with Gasteiger partial charge in [-0.25, -0.2) is 4.68 Å². The maximum Gasteiger partial charge on any atom is 0.224 e. The van der Waals surface area contributed by atoms with Gasteiger partial charge in [0.15, 0.2) is 6.29 Å². The molecule has 0 bridgehead atoms. The van der Waals surface area contributed by atoms with Crippen LogP contribution in [-0.2, 0) is 39.3 Å². The third kappa shape index (κ3) is 10.0. The first-order valence-electron chi connectivity index (χ1n) is 17.3. The number of unbranched alkanes of at least 4 members (excludes halogenated alkanes) is 1. The van der Waals surface area contributed by atoms with Crippen LogP contribution in [0.2, 0.25) is 0 Å². The molecule has 270 valence electrons. The Kier molecular flexibility index (Phi) is 12.6. The third-order valence-electron chi connectivity index (χ3n) is 8.82. The van der Waals surface area contributed by atoms with Gasteiger partial charge in [0.05, 0.1) is 30.2 Å². The fourth-order valence-corrected chi connectivity index (χ4v) is 6.78. The van der Waals surface area contributed by atoms with E-state index in [1.165, 1.54) is 0 Å². The second kappa shape index (κ2) is 17.9. The van der Waals surface area contributed by atoms with Gasteiger partial charge in [0.25, 0.3) is 0 Å². The number of aliphatic hydroxyl groups excluding tert-OH is 1. The predicted molar refractivity (Wildman–Crippen MR) is 200 cm³/mol. The van der Waals surface area contributed by atoms with Gasteiger partial charge in [-0.3, -0.25) is 9.59 Å².